The second kappa shape index (κ2) is 2.55. The quantitative estimate of drug-likeness (QED) is 0.627. The molecule has 0 aromatic carbocycles. The van der Waals surface area contributed by atoms with Gasteiger partial charge in [0.05, 0.1) is 5.39 Å². The Kier molecular flexibility index (Phi) is 1.51. The molecule has 0 bridgehead atoms. The number of fused-ring (bicyclic) bond motifs is 1. The summed E-state index contributed by atoms with van der Waals surface area (Å²) in [5.41, 5.74) is 0.730. The molecular weight excluding hydrogens is 170 g/mol. The minimum absolute atomic E-state index is 0.228. The van der Waals surface area contributed by atoms with Gasteiger partial charge in [0.2, 0.25) is 0 Å². The molecule has 66 valence electrons. The van der Waals surface area contributed by atoms with Crippen molar-refractivity contribution in [2.75, 3.05) is 0 Å². The highest BCUT2D eigenvalue weighted by Crippen LogP contribution is 2.05. The van der Waals surface area contributed by atoms with E-state index >= 15 is 0 Å². The van der Waals surface area contributed by atoms with Gasteiger partial charge < -0.3 is 0 Å². The molecule has 0 atom stereocenters. The molecule has 0 aliphatic rings. The third-order valence-electron chi connectivity index (χ3n) is 1.86. The molecule has 0 fully saturated rings. The summed E-state index contributed by atoms with van der Waals surface area (Å²) in [6, 6.07) is 1.52. The van der Waals surface area contributed by atoms with Gasteiger partial charge in [0.15, 0.2) is 11.9 Å². The van der Waals surface area contributed by atoms with Crippen LogP contribution in [0.15, 0.2) is 17.1 Å². The van der Waals surface area contributed by atoms with Crippen molar-refractivity contribution in [3.63, 3.8) is 0 Å². The van der Waals surface area contributed by atoms with Crippen molar-refractivity contribution in [2.24, 2.45) is 7.05 Å². The molecule has 13 heavy (non-hydrogen) atoms. The molecule has 5 nitrogen and oxygen atoms in total. The largest absolute Gasteiger partial charge is 0.298 e. The van der Waals surface area contributed by atoms with E-state index in [0.29, 0.717) is 22.9 Å². The molecule has 2 aromatic rings. The predicted molar refractivity (Wildman–Crippen MR) is 46.7 cm³/mol. The second-order valence-corrected chi connectivity index (χ2v) is 2.76. The molecule has 2 aromatic heterocycles. The number of carbonyl (C=O) groups is 1. The average molecular weight is 177 g/mol. The van der Waals surface area contributed by atoms with Crippen molar-refractivity contribution in [1.82, 2.24) is 14.8 Å². The lowest BCUT2D eigenvalue weighted by Gasteiger charge is -1.92. The Balaban J connectivity index is 2.91. The Morgan fingerprint density at radius 2 is 2.38 bits per heavy atom. The van der Waals surface area contributed by atoms with E-state index in [1.807, 2.05) is 0 Å². The van der Waals surface area contributed by atoms with E-state index in [1.165, 1.54) is 16.9 Å². The molecule has 0 unspecified atom stereocenters. The van der Waals surface area contributed by atoms with Crippen LogP contribution in [-0.2, 0) is 7.05 Å². The summed E-state index contributed by atoms with van der Waals surface area (Å²) in [6.45, 7) is 0. The second-order valence-electron chi connectivity index (χ2n) is 2.76. The van der Waals surface area contributed by atoms with E-state index in [-0.39, 0.29) is 5.56 Å². The summed E-state index contributed by atoms with van der Waals surface area (Å²) in [7, 11) is 1.69. The van der Waals surface area contributed by atoms with Gasteiger partial charge in [0, 0.05) is 18.8 Å². The van der Waals surface area contributed by atoms with E-state index < -0.39 is 0 Å². The Morgan fingerprint density at radius 3 is 3.08 bits per heavy atom. The maximum absolute atomic E-state index is 11.2. The van der Waals surface area contributed by atoms with Crippen LogP contribution in [0.1, 0.15) is 10.4 Å². The zero-order valence-electron chi connectivity index (χ0n) is 6.94. The number of hydrogen-bond donors (Lipinski definition) is 1. The number of aromatic amines is 1. The number of aryl methyl sites for hydroxylation is 1. The van der Waals surface area contributed by atoms with Crippen molar-refractivity contribution in [3.8, 4) is 0 Å². The lowest BCUT2D eigenvalue weighted by atomic mass is 10.2. The predicted octanol–water partition coefficient (Wildman–Crippen LogP) is 0.0741. The van der Waals surface area contributed by atoms with Gasteiger partial charge in [0.25, 0.3) is 5.56 Å². The molecule has 2 rings (SSSR count). The van der Waals surface area contributed by atoms with Crippen molar-refractivity contribution in [2.45, 2.75) is 0 Å². The van der Waals surface area contributed by atoms with E-state index in [0.717, 1.165) is 0 Å². The molecule has 0 spiro atoms. The minimum atomic E-state index is -0.228. The summed E-state index contributed by atoms with van der Waals surface area (Å²) in [5.74, 6) is 0. The third-order valence-corrected chi connectivity index (χ3v) is 1.86. The number of H-pyrrole nitrogens is 1. The van der Waals surface area contributed by atoms with Gasteiger partial charge in [-0.3, -0.25) is 19.4 Å². The summed E-state index contributed by atoms with van der Waals surface area (Å²) in [5, 5.41) is 2.99. The van der Waals surface area contributed by atoms with Gasteiger partial charge in [0.1, 0.15) is 0 Å². The van der Waals surface area contributed by atoms with Gasteiger partial charge in [-0.1, -0.05) is 0 Å². The van der Waals surface area contributed by atoms with Crippen LogP contribution in [0.3, 0.4) is 0 Å². The van der Waals surface area contributed by atoms with E-state index in [2.05, 4.69) is 10.1 Å². The van der Waals surface area contributed by atoms with E-state index in [1.54, 1.807) is 7.05 Å². The van der Waals surface area contributed by atoms with Crippen LogP contribution in [0.5, 0.6) is 0 Å². The molecule has 0 radical (unpaired) electrons. The topological polar surface area (TPSA) is 67.8 Å². The highest BCUT2D eigenvalue weighted by atomic mass is 16.1. The van der Waals surface area contributed by atoms with Crippen LogP contribution < -0.4 is 5.56 Å². The smallest absolute Gasteiger partial charge is 0.273 e. The molecule has 2 heterocycles. The lowest BCUT2D eigenvalue weighted by molar-refractivity contribution is 0.112. The van der Waals surface area contributed by atoms with Crippen molar-refractivity contribution in [3.05, 3.63) is 28.2 Å². The summed E-state index contributed by atoms with van der Waals surface area (Å²) in [6.07, 6.45) is 2.10. The van der Waals surface area contributed by atoms with Crippen LogP contribution in [0.2, 0.25) is 0 Å². The highest BCUT2D eigenvalue weighted by Gasteiger charge is 2.05. The van der Waals surface area contributed by atoms with Gasteiger partial charge in [-0.05, 0) is 6.07 Å². The van der Waals surface area contributed by atoms with E-state index in [4.69, 9.17) is 0 Å². The van der Waals surface area contributed by atoms with Crippen molar-refractivity contribution in [1.29, 1.82) is 0 Å². The summed E-state index contributed by atoms with van der Waals surface area (Å²) >= 11 is 0. The van der Waals surface area contributed by atoms with Crippen LogP contribution in [0.25, 0.3) is 11.0 Å². The number of nitrogens with zero attached hydrogens (tertiary/aromatic N) is 2. The van der Waals surface area contributed by atoms with Gasteiger partial charge in [-0.25, -0.2) is 4.98 Å². The lowest BCUT2D eigenvalue weighted by Crippen LogP contribution is -2.01. The Hall–Kier alpha value is -1.91. The summed E-state index contributed by atoms with van der Waals surface area (Å²) < 4.78 is 1.52. The van der Waals surface area contributed by atoms with Crippen LogP contribution in [0, 0.1) is 0 Å². The summed E-state index contributed by atoms with van der Waals surface area (Å²) in [4.78, 5) is 25.6. The number of aldehydes is 1. The number of hydrogen-bond acceptors (Lipinski definition) is 3. The first-order valence-electron chi connectivity index (χ1n) is 3.72. The molecule has 0 aliphatic carbocycles. The van der Waals surface area contributed by atoms with E-state index in [9.17, 15) is 9.59 Å². The number of rotatable bonds is 1. The SMILES string of the molecule is Cn1[nH]c(=O)c2cc(C=O)cnc21. The zero-order valence-corrected chi connectivity index (χ0v) is 6.94. The first-order valence-corrected chi connectivity index (χ1v) is 3.72. The maximum Gasteiger partial charge on any atom is 0.273 e. The number of pyridine rings is 1. The van der Waals surface area contributed by atoms with Gasteiger partial charge in [-0.2, -0.15) is 0 Å². The fourth-order valence-corrected chi connectivity index (χ4v) is 1.24. The van der Waals surface area contributed by atoms with Crippen molar-refractivity contribution >= 4 is 17.3 Å². The van der Waals surface area contributed by atoms with Gasteiger partial charge in [-0.15, -0.1) is 0 Å². The Morgan fingerprint density at radius 1 is 1.62 bits per heavy atom. The molecule has 0 saturated heterocycles. The van der Waals surface area contributed by atoms with Crippen molar-refractivity contribution < 1.29 is 4.79 Å². The first-order chi connectivity index (χ1) is 6.22. The normalized spacial score (nSPS) is 10.5. The fourth-order valence-electron chi connectivity index (χ4n) is 1.24. The highest BCUT2D eigenvalue weighted by molar-refractivity contribution is 5.83. The Bertz CT molecular complexity index is 524. The number of carbonyl (C=O) groups excluding carboxylic acids is 1. The molecule has 5 heteroatoms. The Labute approximate surface area is 73.0 Å². The number of aromatic nitrogens is 3. The molecule has 1 N–H and O–H groups in total. The maximum atomic E-state index is 11.2. The average Bonchev–Trinajstić information content (AvgIpc) is 2.42. The number of nitrogens with one attached hydrogen (secondary N) is 1. The zero-order chi connectivity index (χ0) is 9.42. The molecule has 0 aliphatic heterocycles. The molecule has 0 saturated carbocycles. The first kappa shape index (κ1) is 7.72. The molecular formula is C8H7N3O2. The molecule has 0 amide bonds. The third kappa shape index (κ3) is 1.05. The van der Waals surface area contributed by atoms with Crippen LogP contribution in [0.4, 0.5) is 0 Å². The van der Waals surface area contributed by atoms with Crippen LogP contribution in [-0.4, -0.2) is 21.1 Å². The van der Waals surface area contributed by atoms with Crippen LogP contribution >= 0.6 is 0 Å². The standard InChI is InChI=1S/C8H7N3O2/c1-11-7-6(8(13)10-11)2-5(4-12)3-9-7/h2-4H,1H3,(H,10,13). The monoisotopic (exact) mass is 177 g/mol. The minimum Gasteiger partial charge on any atom is -0.298 e. The fraction of sp³-hybridized carbons (Fsp3) is 0.125. The van der Waals surface area contributed by atoms with Gasteiger partial charge >= 0.3 is 0 Å².